The summed E-state index contributed by atoms with van der Waals surface area (Å²) in [5.41, 5.74) is 5.68. The van der Waals surface area contributed by atoms with E-state index in [1.165, 1.54) is 11.1 Å². The molecule has 2 heterocycles. The topological polar surface area (TPSA) is 31.4 Å². The first kappa shape index (κ1) is 20.1. The summed E-state index contributed by atoms with van der Waals surface area (Å²) in [5, 5.41) is 8.12. The number of hydrogen-bond acceptors (Lipinski definition) is 4. The van der Waals surface area contributed by atoms with Crippen LogP contribution >= 0.6 is 35.2 Å². The summed E-state index contributed by atoms with van der Waals surface area (Å²) < 4.78 is 0. The van der Waals surface area contributed by atoms with E-state index in [-0.39, 0.29) is 0 Å². The number of anilines is 2. The third-order valence-corrected chi connectivity index (χ3v) is 6.83. The highest BCUT2D eigenvalue weighted by Gasteiger charge is 2.21. The van der Waals surface area contributed by atoms with E-state index in [1.54, 1.807) is 11.3 Å². The van der Waals surface area contributed by atoms with Crippen molar-refractivity contribution in [3.8, 4) is 11.3 Å². The summed E-state index contributed by atoms with van der Waals surface area (Å²) in [5.74, 6) is 0. The zero-order chi connectivity index (χ0) is 20.4. The van der Waals surface area contributed by atoms with Crippen LogP contribution in [0.2, 0.25) is 5.02 Å². The molecule has 7 heteroatoms. The van der Waals surface area contributed by atoms with Crippen LogP contribution in [0.5, 0.6) is 0 Å². The smallest absolute Gasteiger partial charge is 0.185 e. The number of rotatable bonds is 3. The predicted molar refractivity (Wildman–Crippen MR) is 128 cm³/mol. The Balaban J connectivity index is 1.36. The SMILES string of the molecule is Cc1cccc(NC(=S)N2CCN(c3nc(-c4ccc(Cl)cc4)cs3)CC2)c1C. The fourth-order valence-corrected chi connectivity index (χ4v) is 4.65. The number of nitrogens with one attached hydrogen (secondary N) is 1. The van der Waals surface area contributed by atoms with Gasteiger partial charge in [0.05, 0.1) is 5.69 Å². The molecule has 1 aliphatic rings. The number of aromatic nitrogens is 1. The fourth-order valence-electron chi connectivity index (χ4n) is 3.34. The molecule has 0 saturated carbocycles. The van der Waals surface area contributed by atoms with Crippen molar-refractivity contribution in [2.75, 3.05) is 36.4 Å². The average molecular weight is 443 g/mol. The summed E-state index contributed by atoms with van der Waals surface area (Å²) in [6, 6.07) is 14.1. The molecule has 1 aliphatic heterocycles. The lowest BCUT2D eigenvalue weighted by molar-refractivity contribution is 0.390. The summed E-state index contributed by atoms with van der Waals surface area (Å²) in [6.45, 7) is 7.82. The van der Waals surface area contributed by atoms with E-state index in [9.17, 15) is 0 Å². The van der Waals surface area contributed by atoms with Gasteiger partial charge in [-0.1, -0.05) is 35.9 Å². The second-order valence-electron chi connectivity index (χ2n) is 7.17. The molecular formula is C22H23ClN4S2. The van der Waals surface area contributed by atoms with Gasteiger partial charge in [-0.25, -0.2) is 4.98 Å². The summed E-state index contributed by atoms with van der Waals surface area (Å²) in [7, 11) is 0. The Morgan fingerprint density at radius 2 is 1.79 bits per heavy atom. The molecule has 1 aromatic heterocycles. The molecular weight excluding hydrogens is 420 g/mol. The van der Waals surface area contributed by atoms with Gasteiger partial charge in [0, 0.05) is 47.8 Å². The summed E-state index contributed by atoms with van der Waals surface area (Å²) in [4.78, 5) is 9.40. The molecule has 3 aromatic rings. The summed E-state index contributed by atoms with van der Waals surface area (Å²) >= 11 is 13.3. The van der Waals surface area contributed by atoms with Crippen molar-refractivity contribution in [2.24, 2.45) is 0 Å². The molecule has 1 N–H and O–H groups in total. The highest BCUT2D eigenvalue weighted by atomic mass is 35.5. The monoisotopic (exact) mass is 442 g/mol. The number of benzene rings is 2. The van der Waals surface area contributed by atoms with Gasteiger partial charge in [-0.15, -0.1) is 11.3 Å². The van der Waals surface area contributed by atoms with Gasteiger partial charge in [0.2, 0.25) is 0 Å². The fraction of sp³-hybridized carbons (Fsp3) is 0.273. The number of hydrogen-bond donors (Lipinski definition) is 1. The van der Waals surface area contributed by atoms with E-state index >= 15 is 0 Å². The Morgan fingerprint density at radius 1 is 1.07 bits per heavy atom. The Morgan fingerprint density at radius 3 is 2.52 bits per heavy atom. The lowest BCUT2D eigenvalue weighted by Gasteiger charge is -2.36. The molecule has 150 valence electrons. The quantitative estimate of drug-likeness (QED) is 0.533. The second kappa shape index (κ2) is 8.69. The maximum atomic E-state index is 5.99. The van der Waals surface area contributed by atoms with Crippen LogP contribution in [-0.2, 0) is 0 Å². The van der Waals surface area contributed by atoms with Gasteiger partial charge < -0.3 is 15.1 Å². The van der Waals surface area contributed by atoms with Crippen molar-refractivity contribution < 1.29 is 0 Å². The molecule has 0 unspecified atom stereocenters. The molecule has 29 heavy (non-hydrogen) atoms. The van der Waals surface area contributed by atoms with Crippen LogP contribution in [0.25, 0.3) is 11.3 Å². The third kappa shape index (κ3) is 4.55. The molecule has 0 spiro atoms. The molecule has 4 rings (SSSR count). The van der Waals surface area contributed by atoms with Crippen molar-refractivity contribution in [2.45, 2.75) is 13.8 Å². The predicted octanol–water partition coefficient (Wildman–Crippen LogP) is 5.60. The highest BCUT2D eigenvalue weighted by molar-refractivity contribution is 7.80. The van der Waals surface area contributed by atoms with E-state index in [4.69, 9.17) is 28.8 Å². The molecule has 0 bridgehead atoms. The molecule has 1 saturated heterocycles. The number of thiazole rings is 1. The maximum Gasteiger partial charge on any atom is 0.185 e. The van der Waals surface area contributed by atoms with Gasteiger partial charge in [0.1, 0.15) is 0 Å². The third-order valence-electron chi connectivity index (χ3n) is 5.32. The van der Waals surface area contributed by atoms with Crippen molar-refractivity contribution in [1.29, 1.82) is 0 Å². The minimum Gasteiger partial charge on any atom is -0.345 e. The molecule has 1 fully saturated rings. The molecule has 0 atom stereocenters. The Bertz CT molecular complexity index is 1010. The van der Waals surface area contributed by atoms with E-state index in [2.05, 4.69) is 52.5 Å². The largest absolute Gasteiger partial charge is 0.345 e. The summed E-state index contributed by atoms with van der Waals surface area (Å²) in [6.07, 6.45) is 0. The Labute approximate surface area is 186 Å². The van der Waals surface area contributed by atoms with Crippen LogP contribution < -0.4 is 10.2 Å². The van der Waals surface area contributed by atoms with Crippen LogP contribution in [0, 0.1) is 13.8 Å². The van der Waals surface area contributed by atoms with Gasteiger partial charge >= 0.3 is 0 Å². The highest BCUT2D eigenvalue weighted by Crippen LogP contribution is 2.29. The minimum atomic E-state index is 0.741. The Hall–Kier alpha value is -2.15. The van der Waals surface area contributed by atoms with Gasteiger partial charge in [-0.3, -0.25) is 0 Å². The van der Waals surface area contributed by atoms with Crippen molar-refractivity contribution in [3.05, 3.63) is 64.0 Å². The standard InChI is InChI=1S/C22H23ClN4S2/c1-15-4-3-5-19(16(15)2)24-21(28)26-10-12-27(13-11-26)22-25-20(14-29-22)17-6-8-18(23)9-7-17/h3-9,14H,10-13H2,1-2H3,(H,24,28). The van der Waals surface area contributed by atoms with E-state index in [1.807, 2.05) is 24.3 Å². The molecule has 0 aliphatic carbocycles. The molecule has 4 nitrogen and oxygen atoms in total. The lowest BCUT2D eigenvalue weighted by atomic mass is 10.1. The van der Waals surface area contributed by atoms with Crippen LogP contribution in [0.4, 0.5) is 10.8 Å². The van der Waals surface area contributed by atoms with Gasteiger partial charge in [0.25, 0.3) is 0 Å². The van der Waals surface area contributed by atoms with E-state index in [0.29, 0.717) is 0 Å². The zero-order valence-corrected chi connectivity index (χ0v) is 18.9. The number of thiocarbonyl (C=S) groups is 1. The van der Waals surface area contributed by atoms with Crippen LogP contribution in [-0.4, -0.2) is 41.2 Å². The second-order valence-corrected chi connectivity index (χ2v) is 8.83. The number of piperazine rings is 1. The zero-order valence-electron chi connectivity index (χ0n) is 16.5. The average Bonchev–Trinajstić information content (AvgIpc) is 3.22. The van der Waals surface area contributed by atoms with Crippen LogP contribution in [0.3, 0.4) is 0 Å². The van der Waals surface area contributed by atoms with E-state index in [0.717, 1.165) is 58.4 Å². The van der Waals surface area contributed by atoms with Crippen molar-refractivity contribution in [1.82, 2.24) is 9.88 Å². The van der Waals surface area contributed by atoms with Gasteiger partial charge in [-0.05, 0) is 55.4 Å². The van der Waals surface area contributed by atoms with Crippen molar-refractivity contribution >= 4 is 51.1 Å². The number of halogens is 1. The van der Waals surface area contributed by atoms with Gasteiger partial charge in [-0.2, -0.15) is 0 Å². The number of nitrogens with zero attached hydrogens (tertiary/aromatic N) is 3. The van der Waals surface area contributed by atoms with E-state index < -0.39 is 0 Å². The maximum absolute atomic E-state index is 5.99. The lowest BCUT2D eigenvalue weighted by Crippen LogP contribution is -2.50. The first-order valence-corrected chi connectivity index (χ1v) is 11.3. The molecule has 0 radical (unpaired) electrons. The Kier molecular flexibility index (Phi) is 6.04. The van der Waals surface area contributed by atoms with Gasteiger partial charge in [0.15, 0.2) is 10.2 Å². The molecule has 2 aromatic carbocycles. The molecule has 0 amide bonds. The minimum absolute atomic E-state index is 0.741. The number of aryl methyl sites for hydroxylation is 1. The first-order chi connectivity index (χ1) is 14.0. The first-order valence-electron chi connectivity index (χ1n) is 9.60. The van der Waals surface area contributed by atoms with Crippen LogP contribution in [0.15, 0.2) is 47.8 Å². The van der Waals surface area contributed by atoms with Crippen LogP contribution in [0.1, 0.15) is 11.1 Å². The van der Waals surface area contributed by atoms with Crippen molar-refractivity contribution in [3.63, 3.8) is 0 Å². The normalized spacial score (nSPS) is 14.2.